The Hall–Kier alpha value is -3.02. The van der Waals surface area contributed by atoms with Crippen LogP contribution in [0.4, 0.5) is 11.6 Å². The monoisotopic (exact) mass is 397 g/mol. The van der Waals surface area contributed by atoms with Gasteiger partial charge in [-0.1, -0.05) is 0 Å². The number of hydrazine groups is 2. The maximum absolute atomic E-state index is 9.05. The van der Waals surface area contributed by atoms with Crippen LogP contribution >= 0.6 is 11.3 Å². The molecule has 3 N–H and O–H groups in total. The largest absolute Gasteiger partial charge is 0.394 e. The fraction of sp³-hybridized carbons (Fsp3) is 0.294. The number of hydrogen-bond acceptors (Lipinski definition) is 9. The van der Waals surface area contributed by atoms with E-state index >= 15 is 0 Å². The molecule has 4 aromatic heterocycles. The molecular weight excluding hydrogens is 378 g/mol. The normalized spacial score (nSPS) is 13.3. The topological polar surface area (TPSA) is 109 Å². The minimum absolute atomic E-state index is 0.0448. The van der Waals surface area contributed by atoms with Crippen LogP contribution in [0, 0.1) is 0 Å². The molecule has 1 aliphatic rings. The van der Waals surface area contributed by atoms with Crippen molar-refractivity contribution in [2.75, 3.05) is 17.0 Å². The van der Waals surface area contributed by atoms with Crippen LogP contribution in [0.15, 0.2) is 30.9 Å². The number of aliphatic hydroxyl groups is 1. The minimum Gasteiger partial charge on any atom is -0.394 e. The summed E-state index contributed by atoms with van der Waals surface area (Å²) in [5, 5.41) is 19.8. The lowest BCUT2D eigenvalue weighted by molar-refractivity contribution is 0.269. The maximum atomic E-state index is 9.05. The van der Waals surface area contributed by atoms with E-state index in [0.717, 1.165) is 29.1 Å². The molecule has 0 atom stereocenters. The molecule has 0 fully saturated rings. The smallest absolute Gasteiger partial charge is 0.190 e. The van der Waals surface area contributed by atoms with E-state index in [1.807, 2.05) is 15.9 Å². The number of fused-ring (bicyclic) bond motifs is 2. The summed E-state index contributed by atoms with van der Waals surface area (Å²) in [5.74, 6) is 1.42. The fourth-order valence-corrected chi connectivity index (χ4v) is 4.14. The zero-order valence-electron chi connectivity index (χ0n) is 15.2. The molecule has 1 aliphatic heterocycles. The molecule has 10 nitrogen and oxygen atoms in total. The number of hydrogen-bond donors (Lipinski definition) is 3. The van der Waals surface area contributed by atoms with Gasteiger partial charge in [0.2, 0.25) is 0 Å². The standard InChI is InChI=1S/C17H19N9OS/c1-2-24-10-15-13(22-24)5-12(28-15)9-26-17-16(21-23-26)18-7-14(20-17)11-6-19-25(8-11)3-4-27/h5-8,10,23,27H,2-4,9H2,1H3,(H,18,21). The Kier molecular flexibility index (Phi) is 4.19. The second-order valence-electron chi connectivity index (χ2n) is 6.41. The van der Waals surface area contributed by atoms with Crippen LogP contribution in [-0.2, 0) is 19.6 Å². The van der Waals surface area contributed by atoms with Crippen molar-refractivity contribution < 1.29 is 5.11 Å². The van der Waals surface area contributed by atoms with Gasteiger partial charge in [-0.15, -0.1) is 16.9 Å². The van der Waals surface area contributed by atoms with Gasteiger partial charge in [-0.05, 0) is 13.0 Å². The average Bonchev–Trinajstić information content (AvgIpc) is 3.45. The van der Waals surface area contributed by atoms with Gasteiger partial charge < -0.3 is 5.11 Å². The molecule has 0 spiro atoms. The van der Waals surface area contributed by atoms with Gasteiger partial charge in [0.1, 0.15) is 5.52 Å². The van der Waals surface area contributed by atoms with Gasteiger partial charge in [0.25, 0.3) is 0 Å². The quantitative estimate of drug-likeness (QED) is 0.450. The van der Waals surface area contributed by atoms with Crippen molar-refractivity contribution in [2.24, 2.45) is 0 Å². The Morgan fingerprint density at radius 1 is 1.21 bits per heavy atom. The zero-order valence-corrected chi connectivity index (χ0v) is 16.0. The summed E-state index contributed by atoms with van der Waals surface area (Å²) >= 11 is 1.73. The predicted octanol–water partition coefficient (Wildman–Crippen LogP) is 1.62. The van der Waals surface area contributed by atoms with Gasteiger partial charge in [-0.25, -0.2) is 9.97 Å². The first kappa shape index (κ1) is 17.1. The molecule has 0 saturated heterocycles. The Bertz CT molecular complexity index is 1100. The molecule has 0 aromatic carbocycles. The summed E-state index contributed by atoms with van der Waals surface area (Å²) in [6, 6.07) is 2.11. The molecule has 5 rings (SSSR count). The van der Waals surface area contributed by atoms with Crippen LogP contribution in [0.5, 0.6) is 0 Å². The van der Waals surface area contributed by atoms with Crippen molar-refractivity contribution in [1.29, 1.82) is 0 Å². The van der Waals surface area contributed by atoms with E-state index < -0.39 is 0 Å². The first-order valence-electron chi connectivity index (χ1n) is 8.99. The van der Waals surface area contributed by atoms with E-state index in [9.17, 15) is 0 Å². The number of aliphatic hydroxyl groups excluding tert-OH is 1. The number of rotatable bonds is 6. The fourth-order valence-electron chi connectivity index (χ4n) is 3.12. The van der Waals surface area contributed by atoms with Crippen molar-refractivity contribution in [3.05, 3.63) is 35.7 Å². The van der Waals surface area contributed by atoms with E-state index in [0.29, 0.717) is 18.9 Å². The second kappa shape index (κ2) is 6.86. The first-order chi connectivity index (χ1) is 13.7. The molecule has 4 aromatic rings. The molecule has 144 valence electrons. The molecule has 0 radical (unpaired) electrons. The van der Waals surface area contributed by atoms with Crippen LogP contribution < -0.4 is 16.0 Å². The van der Waals surface area contributed by atoms with Gasteiger partial charge in [-0.3, -0.25) is 19.8 Å². The Morgan fingerprint density at radius 3 is 2.96 bits per heavy atom. The molecule has 5 heterocycles. The molecule has 11 heteroatoms. The zero-order chi connectivity index (χ0) is 19.1. The van der Waals surface area contributed by atoms with E-state index in [4.69, 9.17) is 10.1 Å². The number of nitrogens with zero attached hydrogens (tertiary/aromatic N) is 7. The lowest BCUT2D eigenvalue weighted by Gasteiger charge is -2.15. The SMILES string of the molecule is CCn1cc2sc(CN3NNc4ncc(-c5cnn(CCO)c5)nc43)cc2n1. The van der Waals surface area contributed by atoms with E-state index in [1.165, 1.54) is 9.58 Å². The summed E-state index contributed by atoms with van der Waals surface area (Å²) in [6.45, 7) is 4.10. The van der Waals surface area contributed by atoms with Gasteiger partial charge in [-0.2, -0.15) is 10.2 Å². The Balaban J connectivity index is 1.40. The summed E-state index contributed by atoms with van der Waals surface area (Å²) in [4.78, 5) is 10.4. The molecule has 0 aliphatic carbocycles. The number of aryl methyl sites for hydroxylation is 1. The van der Waals surface area contributed by atoms with Crippen LogP contribution in [0.3, 0.4) is 0 Å². The van der Waals surface area contributed by atoms with Gasteiger partial charge in [0.15, 0.2) is 11.6 Å². The highest BCUT2D eigenvalue weighted by molar-refractivity contribution is 7.19. The van der Waals surface area contributed by atoms with Gasteiger partial charge in [0.05, 0.1) is 42.5 Å². The van der Waals surface area contributed by atoms with Crippen LogP contribution in [0.2, 0.25) is 0 Å². The third-order valence-electron chi connectivity index (χ3n) is 4.51. The average molecular weight is 397 g/mol. The number of nitrogens with one attached hydrogen (secondary N) is 2. The van der Waals surface area contributed by atoms with Gasteiger partial charge >= 0.3 is 0 Å². The third kappa shape index (κ3) is 2.99. The van der Waals surface area contributed by atoms with Crippen molar-refractivity contribution in [1.82, 2.24) is 35.1 Å². The van der Waals surface area contributed by atoms with E-state index in [-0.39, 0.29) is 6.61 Å². The number of anilines is 2. The molecule has 0 amide bonds. The number of aromatic nitrogens is 6. The number of thiophene rings is 1. The molecule has 0 unspecified atom stereocenters. The highest BCUT2D eigenvalue weighted by Crippen LogP contribution is 2.31. The molecule has 0 bridgehead atoms. The molecule has 0 saturated carbocycles. The highest BCUT2D eigenvalue weighted by Gasteiger charge is 2.23. The summed E-state index contributed by atoms with van der Waals surface area (Å²) in [5.41, 5.74) is 8.78. The van der Waals surface area contributed by atoms with Crippen molar-refractivity contribution in [3.8, 4) is 11.3 Å². The van der Waals surface area contributed by atoms with Crippen LogP contribution in [0.1, 0.15) is 11.8 Å². The van der Waals surface area contributed by atoms with Crippen molar-refractivity contribution in [2.45, 2.75) is 26.6 Å². The molecular formula is C17H19N9OS. The Morgan fingerprint density at radius 2 is 2.14 bits per heavy atom. The van der Waals surface area contributed by atoms with E-state index in [1.54, 1.807) is 28.4 Å². The second-order valence-corrected chi connectivity index (χ2v) is 7.58. The highest BCUT2D eigenvalue weighted by atomic mass is 32.1. The Labute approximate surface area is 164 Å². The van der Waals surface area contributed by atoms with Gasteiger partial charge in [0, 0.05) is 29.4 Å². The maximum Gasteiger partial charge on any atom is 0.190 e. The summed E-state index contributed by atoms with van der Waals surface area (Å²) in [7, 11) is 0. The lowest BCUT2D eigenvalue weighted by atomic mass is 10.2. The molecule has 28 heavy (non-hydrogen) atoms. The summed E-state index contributed by atoms with van der Waals surface area (Å²) in [6.07, 6.45) is 7.37. The van der Waals surface area contributed by atoms with E-state index in [2.05, 4.69) is 45.3 Å². The minimum atomic E-state index is 0.0448. The van der Waals surface area contributed by atoms with Crippen LogP contribution in [0.25, 0.3) is 21.5 Å². The predicted molar refractivity (Wildman–Crippen MR) is 107 cm³/mol. The first-order valence-corrected chi connectivity index (χ1v) is 9.81. The lowest BCUT2D eigenvalue weighted by Crippen LogP contribution is -2.35. The van der Waals surface area contributed by atoms with Crippen molar-refractivity contribution in [3.63, 3.8) is 0 Å². The van der Waals surface area contributed by atoms with Crippen LogP contribution in [-0.4, -0.2) is 41.2 Å². The van der Waals surface area contributed by atoms with Crippen molar-refractivity contribution >= 4 is 33.2 Å². The summed E-state index contributed by atoms with van der Waals surface area (Å²) < 4.78 is 4.82. The third-order valence-corrected chi connectivity index (χ3v) is 5.55.